The van der Waals surface area contributed by atoms with Crippen molar-refractivity contribution in [2.45, 2.75) is 63.3 Å². The fraction of sp³-hybridized carbons (Fsp3) is 0.933. The van der Waals surface area contributed by atoms with E-state index < -0.39 is 13.4 Å². The van der Waals surface area contributed by atoms with Gasteiger partial charge in [-0.2, -0.15) is 0 Å². The Morgan fingerprint density at radius 1 is 1.14 bits per heavy atom. The molecule has 0 aliphatic carbocycles. The van der Waals surface area contributed by atoms with Crippen molar-refractivity contribution in [1.82, 2.24) is 0 Å². The molecule has 1 unspecified atom stereocenters. The standard InChI is InChI=1S/C15H29O6P/c1-10-6-12(16)14(19-10)9-18-22(4,5)21-13-7-11(2)20-15(13)8-17-3/h10-16H,4,6-9H2,1-3,5H3/t10-,11-,12+,13+,14+,15+,22?/m0/s1. The quantitative estimate of drug-likeness (QED) is 0.713. The lowest BCUT2D eigenvalue weighted by atomic mass is 10.1. The number of aliphatic hydroxyl groups is 1. The molecule has 0 spiro atoms. The molecule has 130 valence electrons. The van der Waals surface area contributed by atoms with E-state index in [9.17, 15) is 5.11 Å². The van der Waals surface area contributed by atoms with E-state index in [2.05, 4.69) is 6.30 Å². The Bertz CT molecular complexity index is 403. The first-order chi connectivity index (χ1) is 10.3. The van der Waals surface area contributed by atoms with Crippen molar-refractivity contribution in [3.05, 3.63) is 0 Å². The molecule has 2 rings (SSSR count). The Hall–Kier alpha value is 0.0600. The Balaban J connectivity index is 1.83. The van der Waals surface area contributed by atoms with Crippen LogP contribution >= 0.6 is 7.34 Å². The van der Waals surface area contributed by atoms with Gasteiger partial charge in [0.15, 0.2) is 0 Å². The van der Waals surface area contributed by atoms with Gasteiger partial charge in [0, 0.05) is 26.6 Å². The van der Waals surface area contributed by atoms with Gasteiger partial charge < -0.3 is 28.4 Å². The van der Waals surface area contributed by atoms with E-state index in [4.69, 9.17) is 23.3 Å². The van der Waals surface area contributed by atoms with Crippen LogP contribution in [-0.4, -0.2) is 75.0 Å². The fourth-order valence-electron chi connectivity index (χ4n) is 2.98. The summed E-state index contributed by atoms with van der Waals surface area (Å²) in [4.78, 5) is 0. The van der Waals surface area contributed by atoms with E-state index in [0.29, 0.717) is 19.6 Å². The van der Waals surface area contributed by atoms with Crippen molar-refractivity contribution >= 4 is 13.6 Å². The summed E-state index contributed by atoms with van der Waals surface area (Å²) in [5.41, 5.74) is 0. The minimum Gasteiger partial charge on any atom is -0.390 e. The third kappa shape index (κ3) is 5.03. The highest BCUT2D eigenvalue weighted by Gasteiger charge is 2.37. The summed E-state index contributed by atoms with van der Waals surface area (Å²) in [6.45, 7) is 6.65. The molecule has 0 bridgehead atoms. The summed E-state index contributed by atoms with van der Waals surface area (Å²) >= 11 is 0. The van der Waals surface area contributed by atoms with Gasteiger partial charge in [-0.25, -0.2) is 0 Å². The number of hydrogen-bond donors (Lipinski definition) is 1. The zero-order valence-corrected chi connectivity index (χ0v) is 14.8. The highest BCUT2D eigenvalue weighted by atomic mass is 31.2. The van der Waals surface area contributed by atoms with Crippen molar-refractivity contribution in [1.29, 1.82) is 0 Å². The molecule has 0 amide bonds. The monoisotopic (exact) mass is 336 g/mol. The Labute approximate surface area is 133 Å². The molecule has 0 aromatic carbocycles. The smallest absolute Gasteiger partial charge is 0.115 e. The van der Waals surface area contributed by atoms with Crippen LogP contribution in [0.25, 0.3) is 0 Å². The molecule has 0 radical (unpaired) electrons. The van der Waals surface area contributed by atoms with E-state index in [-0.39, 0.29) is 30.5 Å². The maximum absolute atomic E-state index is 9.90. The third-order valence-corrected chi connectivity index (χ3v) is 5.41. The summed E-state index contributed by atoms with van der Waals surface area (Å²) in [6, 6.07) is 0. The van der Waals surface area contributed by atoms with Crippen LogP contribution in [0.15, 0.2) is 0 Å². The van der Waals surface area contributed by atoms with Crippen LogP contribution in [0.2, 0.25) is 0 Å². The fourth-order valence-corrected chi connectivity index (χ4v) is 4.29. The van der Waals surface area contributed by atoms with Crippen LogP contribution in [0.4, 0.5) is 0 Å². The van der Waals surface area contributed by atoms with E-state index in [0.717, 1.165) is 6.42 Å². The number of rotatable bonds is 7. The molecule has 2 aliphatic rings. The first-order valence-corrected chi connectivity index (χ1v) is 10.1. The Kier molecular flexibility index (Phi) is 6.48. The number of methoxy groups -OCH3 is 1. The van der Waals surface area contributed by atoms with Gasteiger partial charge in [0.25, 0.3) is 0 Å². The number of hydrogen-bond acceptors (Lipinski definition) is 6. The normalized spacial score (nSPS) is 41.7. The van der Waals surface area contributed by atoms with Crippen LogP contribution in [0, 0.1) is 0 Å². The molecule has 2 fully saturated rings. The Morgan fingerprint density at radius 2 is 1.77 bits per heavy atom. The van der Waals surface area contributed by atoms with Crippen molar-refractivity contribution in [2.75, 3.05) is 27.0 Å². The lowest BCUT2D eigenvalue weighted by Crippen LogP contribution is -2.29. The lowest BCUT2D eigenvalue weighted by molar-refractivity contribution is -0.0294. The van der Waals surface area contributed by atoms with Gasteiger partial charge in [-0.15, -0.1) is 0 Å². The summed E-state index contributed by atoms with van der Waals surface area (Å²) in [7, 11) is -0.603. The highest BCUT2D eigenvalue weighted by molar-refractivity contribution is 7.63. The average Bonchev–Trinajstić information content (AvgIpc) is 2.90. The molecular formula is C15H29O6P. The van der Waals surface area contributed by atoms with Gasteiger partial charge >= 0.3 is 0 Å². The SMILES string of the molecule is C=P(C)(OC[C@H]1O[C@@H](C)C[C@H]1O)O[C@@H]1C[C@H](C)O[C@@H]1COC. The minimum absolute atomic E-state index is 0.0640. The van der Waals surface area contributed by atoms with Gasteiger partial charge in [-0.3, -0.25) is 0 Å². The second kappa shape index (κ2) is 7.75. The third-order valence-electron chi connectivity index (χ3n) is 4.00. The zero-order chi connectivity index (χ0) is 16.3. The average molecular weight is 336 g/mol. The molecule has 0 aromatic heterocycles. The molecular weight excluding hydrogens is 307 g/mol. The van der Waals surface area contributed by atoms with Crippen LogP contribution in [0.1, 0.15) is 26.7 Å². The maximum atomic E-state index is 9.90. The van der Waals surface area contributed by atoms with Crippen LogP contribution in [-0.2, 0) is 23.3 Å². The molecule has 2 heterocycles. The molecule has 7 atom stereocenters. The van der Waals surface area contributed by atoms with Crippen molar-refractivity contribution in [3.8, 4) is 0 Å². The van der Waals surface area contributed by atoms with Crippen LogP contribution in [0.5, 0.6) is 0 Å². The second-order valence-electron chi connectivity index (χ2n) is 6.42. The van der Waals surface area contributed by atoms with Gasteiger partial charge in [-0.05, 0) is 13.8 Å². The van der Waals surface area contributed by atoms with Gasteiger partial charge in [0.1, 0.15) is 19.5 Å². The maximum Gasteiger partial charge on any atom is 0.115 e. The topological polar surface area (TPSA) is 66.4 Å². The number of aliphatic hydroxyl groups excluding tert-OH is 1. The van der Waals surface area contributed by atoms with Crippen molar-refractivity contribution in [2.24, 2.45) is 0 Å². The number of ether oxygens (including phenoxy) is 3. The van der Waals surface area contributed by atoms with E-state index in [1.54, 1.807) is 7.11 Å². The highest BCUT2D eigenvalue weighted by Crippen LogP contribution is 2.47. The molecule has 7 heteroatoms. The first kappa shape index (κ1) is 18.4. The van der Waals surface area contributed by atoms with E-state index in [1.807, 2.05) is 20.5 Å². The van der Waals surface area contributed by atoms with Gasteiger partial charge in [0.05, 0.1) is 37.6 Å². The molecule has 1 N–H and O–H groups in total. The predicted molar refractivity (Wildman–Crippen MR) is 86.6 cm³/mol. The molecule has 0 saturated carbocycles. The van der Waals surface area contributed by atoms with Crippen LogP contribution < -0.4 is 0 Å². The van der Waals surface area contributed by atoms with Crippen molar-refractivity contribution in [3.63, 3.8) is 0 Å². The summed E-state index contributed by atoms with van der Waals surface area (Å²) in [5.74, 6) is 0. The summed E-state index contributed by atoms with van der Waals surface area (Å²) < 4.78 is 28.5. The molecule has 2 aliphatic heterocycles. The predicted octanol–water partition coefficient (Wildman–Crippen LogP) is 1.66. The lowest BCUT2D eigenvalue weighted by Gasteiger charge is -2.28. The van der Waals surface area contributed by atoms with Crippen molar-refractivity contribution < 1.29 is 28.4 Å². The second-order valence-corrected chi connectivity index (χ2v) is 8.92. The molecule has 6 nitrogen and oxygen atoms in total. The summed E-state index contributed by atoms with van der Waals surface area (Å²) in [6.07, 6.45) is 4.82. The molecule has 22 heavy (non-hydrogen) atoms. The molecule has 2 saturated heterocycles. The first-order valence-electron chi connectivity index (χ1n) is 7.82. The Morgan fingerprint density at radius 3 is 2.36 bits per heavy atom. The minimum atomic E-state index is -2.25. The summed E-state index contributed by atoms with van der Waals surface area (Å²) in [5, 5.41) is 9.90. The van der Waals surface area contributed by atoms with Gasteiger partial charge in [0.2, 0.25) is 0 Å². The zero-order valence-electron chi connectivity index (χ0n) is 13.9. The van der Waals surface area contributed by atoms with E-state index >= 15 is 0 Å². The van der Waals surface area contributed by atoms with Gasteiger partial charge in [-0.1, -0.05) is 6.30 Å². The largest absolute Gasteiger partial charge is 0.390 e. The van der Waals surface area contributed by atoms with E-state index in [1.165, 1.54) is 0 Å². The molecule has 0 aromatic rings. The van der Waals surface area contributed by atoms with Crippen LogP contribution in [0.3, 0.4) is 0 Å².